The number of fused-ring (bicyclic) bond motifs is 1. The molecular weight excluding hydrogens is 440 g/mol. The predicted octanol–water partition coefficient (Wildman–Crippen LogP) is 4.21. The third-order valence-electron chi connectivity index (χ3n) is 7.14. The molecule has 188 valence electrons. The van der Waals surface area contributed by atoms with Crippen molar-refractivity contribution in [2.45, 2.75) is 52.6 Å². The van der Waals surface area contributed by atoms with Crippen molar-refractivity contribution in [1.82, 2.24) is 19.4 Å². The van der Waals surface area contributed by atoms with Gasteiger partial charge in [-0.3, -0.25) is 9.59 Å². The third-order valence-corrected chi connectivity index (χ3v) is 7.14. The Morgan fingerprint density at radius 3 is 2.49 bits per heavy atom. The van der Waals surface area contributed by atoms with Gasteiger partial charge in [0, 0.05) is 61.2 Å². The van der Waals surface area contributed by atoms with Crippen LogP contribution < -0.4 is 10.3 Å². The van der Waals surface area contributed by atoms with Crippen LogP contribution in [0, 0.1) is 13.8 Å². The van der Waals surface area contributed by atoms with Crippen LogP contribution in [0.2, 0.25) is 0 Å². The van der Waals surface area contributed by atoms with Gasteiger partial charge in [-0.2, -0.15) is 0 Å². The van der Waals surface area contributed by atoms with Gasteiger partial charge in [0.05, 0.1) is 12.2 Å². The van der Waals surface area contributed by atoms with Gasteiger partial charge < -0.3 is 24.1 Å². The van der Waals surface area contributed by atoms with Crippen molar-refractivity contribution in [2.24, 2.45) is 7.05 Å². The van der Waals surface area contributed by atoms with Gasteiger partial charge in [0.25, 0.3) is 5.56 Å². The quantitative estimate of drug-likeness (QED) is 0.576. The Kier molecular flexibility index (Phi) is 7.08. The summed E-state index contributed by atoms with van der Waals surface area (Å²) in [5.41, 5.74) is 6.24. The summed E-state index contributed by atoms with van der Waals surface area (Å²) >= 11 is 0. The number of nitrogens with one attached hydrogen (secondary N) is 1. The number of hydrogen-bond donors (Lipinski definition) is 1. The number of benzene rings is 1. The van der Waals surface area contributed by atoms with Crippen molar-refractivity contribution >= 4 is 16.8 Å². The van der Waals surface area contributed by atoms with Gasteiger partial charge in [-0.05, 0) is 63.2 Å². The zero-order valence-corrected chi connectivity index (χ0v) is 22.1. The summed E-state index contributed by atoms with van der Waals surface area (Å²) < 4.78 is 8.06. The number of likely N-dealkylation sites (tertiary alicyclic amines) is 1. The maximum atomic E-state index is 12.4. The number of H-pyrrole nitrogens is 1. The van der Waals surface area contributed by atoms with Crippen molar-refractivity contribution in [1.29, 1.82) is 0 Å². The summed E-state index contributed by atoms with van der Waals surface area (Å²) in [7, 11) is 5.65. The third kappa shape index (κ3) is 5.01. The van der Waals surface area contributed by atoms with E-state index in [1.54, 1.807) is 11.6 Å². The number of aryl methyl sites for hydroxylation is 1. The van der Waals surface area contributed by atoms with Crippen LogP contribution >= 0.6 is 0 Å². The van der Waals surface area contributed by atoms with E-state index in [4.69, 9.17) is 4.74 Å². The molecule has 1 aromatic carbocycles. The average molecular weight is 479 g/mol. The number of carbonyl (C=O) groups is 1. The fourth-order valence-corrected chi connectivity index (χ4v) is 5.09. The Morgan fingerprint density at radius 1 is 1.17 bits per heavy atom. The molecule has 2 aromatic heterocycles. The second kappa shape index (κ2) is 9.90. The van der Waals surface area contributed by atoms with Gasteiger partial charge >= 0.3 is 0 Å². The van der Waals surface area contributed by atoms with Crippen LogP contribution in [0.3, 0.4) is 0 Å². The highest BCUT2D eigenvalue weighted by molar-refractivity contribution is 5.92. The molecule has 0 radical (unpaired) electrons. The number of hydrogen-bond acceptors (Lipinski definition) is 4. The van der Waals surface area contributed by atoms with E-state index in [-0.39, 0.29) is 23.5 Å². The smallest absolute Gasteiger partial charge is 0.253 e. The minimum Gasteiger partial charge on any atom is -0.490 e. The average Bonchev–Trinajstić information content (AvgIpc) is 3.19. The molecule has 1 saturated heterocycles. The number of carbonyl (C=O) groups excluding carboxylic acids is 1. The molecule has 0 aliphatic carbocycles. The molecule has 1 aliphatic heterocycles. The number of aromatic nitrogens is 2. The number of aromatic amines is 1. The minimum atomic E-state index is 0.0404. The lowest BCUT2D eigenvalue weighted by atomic mass is 9.94. The van der Waals surface area contributed by atoms with E-state index < -0.39 is 0 Å². The Labute approximate surface area is 207 Å². The van der Waals surface area contributed by atoms with Crippen molar-refractivity contribution in [2.75, 3.05) is 33.7 Å². The van der Waals surface area contributed by atoms with Crippen LogP contribution in [0.1, 0.15) is 49.3 Å². The molecule has 1 N–H and O–H groups in total. The van der Waals surface area contributed by atoms with Gasteiger partial charge in [0.1, 0.15) is 11.9 Å². The van der Waals surface area contributed by atoms with Gasteiger partial charge in [-0.1, -0.05) is 13.8 Å². The molecule has 0 bridgehead atoms. The number of ether oxygens (including phenoxy) is 1. The molecule has 7 nitrogen and oxygen atoms in total. The van der Waals surface area contributed by atoms with Crippen LogP contribution in [0.25, 0.3) is 22.2 Å². The predicted molar refractivity (Wildman–Crippen MR) is 141 cm³/mol. The van der Waals surface area contributed by atoms with E-state index in [1.165, 1.54) is 5.56 Å². The van der Waals surface area contributed by atoms with Crippen molar-refractivity contribution in [3.63, 3.8) is 0 Å². The summed E-state index contributed by atoms with van der Waals surface area (Å²) in [4.78, 5) is 32.2. The van der Waals surface area contributed by atoms with Gasteiger partial charge in [0.2, 0.25) is 5.91 Å². The van der Waals surface area contributed by atoms with E-state index in [0.29, 0.717) is 6.54 Å². The highest BCUT2D eigenvalue weighted by Crippen LogP contribution is 2.38. The maximum absolute atomic E-state index is 12.4. The highest BCUT2D eigenvalue weighted by atomic mass is 16.5. The number of piperidine rings is 1. The first kappa shape index (κ1) is 25.0. The molecular formula is C28H38N4O3. The molecule has 3 heterocycles. The van der Waals surface area contributed by atoms with E-state index >= 15 is 0 Å². The topological polar surface area (TPSA) is 70.6 Å². The standard InChI is InChI=1S/C28H38N4O3/c1-17(2)26-22-14-21(35-20-10-12-32(13-11-20)25(33)16-30(5)6)8-9-24(22)29-27(26)23-15-31(7)28(34)19(4)18(23)3/h8-9,14-15,17,20,29H,10-13,16H2,1-7H3. The number of rotatable bonds is 6. The second-order valence-corrected chi connectivity index (χ2v) is 10.4. The summed E-state index contributed by atoms with van der Waals surface area (Å²) in [5.74, 6) is 1.33. The summed E-state index contributed by atoms with van der Waals surface area (Å²) in [6.45, 7) is 10.2. The maximum Gasteiger partial charge on any atom is 0.253 e. The first-order valence-electron chi connectivity index (χ1n) is 12.5. The normalized spacial score (nSPS) is 14.9. The van der Waals surface area contributed by atoms with Gasteiger partial charge in [0.15, 0.2) is 0 Å². The number of pyridine rings is 1. The van der Waals surface area contributed by atoms with Crippen LogP contribution in [-0.4, -0.2) is 65.1 Å². The molecule has 1 amide bonds. The Balaban J connectivity index is 1.60. The van der Waals surface area contributed by atoms with E-state index in [1.807, 2.05) is 50.0 Å². The molecule has 7 heteroatoms. The van der Waals surface area contributed by atoms with Gasteiger partial charge in [-0.25, -0.2) is 0 Å². The first-order chi connectivity index (χ1) is 16.6. The lowest BCUT2D eigenvalue weighted by molar-refractivity contribution is -0.133. The summed E-state index contributed by atoms with van der Waals surface area (Å²) in [6.07, 6.45) is 3.71. The van der Waals surface area contributed by atoms with Crippen molar-refractivity contribution in [3.8, 4) is 17.0 Å². The minimum absolute atomic E-state index is 0.0404. The van der Waals surface area contributed by atoms with Crippen molar-refractivity contribution < 1.29 is 9.53 Å². The summed E-state index contributed by atoms with van der Waals surface area (Å²) in [6, 6.07) is 6.24. The van der Waals surface area contributed by atoms with Crippen molar-refractivity contribution in [3.05, 3.63) is 51.4 Å². The molecule has 0 atom stereocenters. The number of likely N-dealkylation sites (N-methyl/N-ethyl adjacent to an activating group) is 1. The molecule has 35 heavy (non-hydrogen) atoms. The van der Waals surface area contributed by atoms with E-state index in [9.17, 15) is 9.59 Å². The molecule has 3 aromatic rings. The first-order valence-corrected chi connectivity index (χ1v) is 12.5. The molecule has 4 rings (SSSR count). The molecule has 0 unspecified atom stereocenters. The van der Waals surface area contributed by atoms with Gasteiger partial charge in [-0.15, -0.1) is 0 Å². The zero-order chi connectivity index (χ0) is 25.4. The monoisotopic (exact) mass is 478 g/mol. The summed E-state index contributed by atoms with van der Waals surface area (Å²) in [5, 5.41) is 1.15. The molecule has 1 fully saturated rings. The lowest BCUT2D eigenvalue weighted by Crippen LogP contribution is -2.44. The lowest BCUT2D eigenvalue weighted by Gasteiger charge is -2.32. The SMILES string of the molecule is Cc1c(-c2[nH]c3ccc(OC4CCN(C(=O)CN(C)C)CC4)cc3c2C(C)C)cn(C)c(=O)c1C. The molecule has 0 spiro atoms. The Morgan fingerprint density at radius 2 is 1.86 bits per heavy atom. The van der Waals surface area contributed by atoms with E-state index in [0.717, 1.165) is 65.0 Å². The van der Waals surface area contributed by atoms with Crippen LogP contribution in [0.15, 0.2) is 29.2 Å². The van der Waals surface area contributed by atoms with Crippen LogP contribution in [0.4, 0.5) is 0 Å². The number of nitrogens with zero attached hydrogens (tertiary/aromatic N) is 3. The molecule has 0 saturated carbocycles. The highest BCUT2D eigenvalue weighted by Gasteiger charge is 2.25. The van der Waals surface area contributed by atoms with Crippen LogP contribution in [-0.2, 0) is 11.8 Å². The second-order valence-electron chi connectivity index (χ2n) is 10.4. The fourth-order valence-electron chi connectivity index (χ4n) is 5.09. The zero-order valence-electron chi connectivity index (χ0n) is 22.1. The fraction of sp³-hybridized carbons (Fsp3) is 0.500. The van der Waals surface area contributed by atoms with Crippen LogP contribution in [0.5, 0.6) is 5.75 Å². The Bertz CT molecular complexity index is 1290. The Hall–Kier alpha value is -3.06. The van der Waals surface area contributed by atoms with E-state index in [2.05, 4.69) is 31.0 Å². The molecule has 1 aliphatic rings. The number of amides is 1. The largest absolute Gasteiger partial charge is 0.490 e.